The first kappa shape index (κ1) is 30.6. The number of aliphatic hydroxyl groups excluding tert-OH is 2. The van der Waals surface area contributed by atoms with E-state index in [0.29, 0.717) is 5.56 Å². The summed E-state index contributed by atoms with van der Waals surface area (Å²) in [5, 5.41) is 22.5. The zero-order valence-electron chi connectivity index (χ0n) is 24.8. The summed E-state index contributed by atoms with van der Waals surface area (Å²) in [6, 6.07) is 38.5. The molecule has 43 heavy (non-hydrogen) atoms. The lowest BCUT2D eigenvalue weighted by Gasteiger charge is -2.47. The zero-order chi connectivity index (χ0) is 30.5. The van der Waals surface area contributed by atoms with E-state index in [1.54, 1.807) is 24.3 Å². The van der Waals surface area contributed by atoms with Gasteiger partial charge in [-0.15, -0.1) is 0 Å². The highest BCUT2D eigenvalue weighted by molar-refractivity contribution is 5.89. The van der Waals surface area contributed by atoms with E-state index in [-0.39, 0.29) is 17.7 Å². The van der Waals surface area contributed by atoms with Gasteiger partial charge in [0.25, 0.3) is 6.29 Å². The minimum absolute atomic E-state index is 0.0320. The fourth-order valence-corrected chi connectivity index (χ4v) is 5.97. The minimum Gasteiger partial charge on any atom is -0.425 e. The van der Waals surface area contributed by atoms with Crippen molar-refractivity contribution in [2.45, 2.75) is 36.1 Å². The highest BCUT2D eigenvalue weighted by atomic mass is 16.7. The van der Waals surface area contributed by atoms with Crippen LogP contribution in [0.1, 0.15) is 27.0 Å². The van der Waals surface area contributed by atoms with Gasteiger partial charge in [-0.3, -0.25) is 0 Å². The molecule has 4 aromatic rings. The topological polar surface area (TPSA) is 85.2 Å². The Morgan fingerprint density at radius 1 is 0.721 bits per heavy atom. The maximum absolute atomic E-state index is 13.0. The average Bonchev–Trinajstić information content (AvgIpc) is 3.02. The van der Waals surface area contributed by atoms with Crippen molar-refractivity contribution in [3.05, 3.63) is 144 Å². The van der Waals surface area contributed by atoms with Gasteiger partial charge < -0.3 is 28.9 Å². The second-order valence-electron chi connectivity index (χ2n) is 11.9. The number of hydrogen-bond acceptors (Lipinski definition) is 6. The molecule has 0 saturated carbocycles. The maximum Gasteiger partial charge on any atom is 0.340 e. The van der Waals surface area contributed by atoms with E-state index in [9.17, 15) is 15.0 Å². The number of likely N-dealkylation sites (N-methyl/N-ethyl adjacent to an activating group) is 1. The van der Waals surface area contributed by atoms with E-state index < -0.39 is 42.0 Å². The summed E-state index contributed by atoms with van der Waals surface area (Å²) in [5.41, 5.74) is 2.87. The molecule has 224 valence electrons. The van der Waals surface area contributed by atoms with Crippen LogP contribution in [0.2, 0.25) is 0 Å². The predicted molar refractivity (Wildman–Crippen MR) is 164 cm³/mol. The highest BCUT2D eigenvalue weighted by Gasteiger charge is 2.53. The Bertz CT molecular complexity index is 1350. The molecule has 0 spiro atoms. The number of carbonyl (C=O) groups is 1. The third-order valence-electron chi connectivity index (χ3n) is 8.20. The summed E-state index contributed by atoms with van der Waals surface area (Å²) < 4.78 is 18.7. The van der Waals surface area contributed by atoms with Crippen molar-refractivity contribution >= 4 is 5.97 Å². The first-order valence-corrected chi connectivity index (χ1v) is 14.5. The summed E-state index contributed by atoms with van der Waals surface area (Å²) in [6.07, 6.45) is -4.53. The third-order valence-corrected chi connectivity index (χ3v) is 8.20. The van der Waals surface area contributed by atoms with Crippen LogP contribution < -0.4 is 0 Å². The molecule has 0 aliphatic carbocycles. The van der Waals surface area contributed by atoms with Gasteiger partial charge in [0.05, 0.1) is 45.3 Å². The van der Waals surface area contributed by atoms with Crippen molar-refractivity contribution < 1.29 is 33.7 Å². The van der Waals surface area contributed by atoms with Crippen molar-refractivity contribution in [2.24, 2.45) is 0 Å². The maximum atomic E-state index is 13.0. The van der Waals surface area contributed by atoms with Crippen LogP contribution in [0.3, 0.4) is 0 Å². The molecule has 5 atom stereocenters. The Hall–Kier alpha value is -3.85. The van der Waals surface area contributed by atoms with Crippen LogP contribution in [0.15, 0.2) is 121 Å². The fourth-order valence-electron chi connectivity index (χ4n) is 5.97. The lowest BCUT2D eigenvalue weighted by molar-refractivity contribution is -0.909. The van der Waals surface area contributed by atoms with E-state index in [4.69, 9.17) is 14.2 Å². The van der Waals surface area contributed by atoms with Gasteiger partial charge in [0, 0.05) is 0 Å². The van der Waals surface area contributed by atoms with Crippen molar-refractivity contribution in [3.8, 4) is 0 Å². The van der Waals surface area contributed by atoms with Gasteiger partial charge >= 0.3 is 5.97 Å². The van der Waals surface area contributed by atoms with Gasteiger partial charge in [-0.2, -0.15) is 0 Å². The Morgan fingerprint density at radius 2 is 1.16 bits per heavy atom. The molecule has 0 bridgehead atoms. The molecular formula is C36H40NO6+. The number of benzene rings is 4. The van der Waals surface area contributed by atoms with Gasteiger partial charge in [0.15, 0.2) is 6.04 Å². The normalized spacial score (nSPS) is 22.6. The second kappa shape index (κ2) is 13.2. The first-order chi connectivity index (χ1) is 20.7. The van der Waals surface area contributed by atoms with Crippen LogP contribution in [0.25, 0.3) is 0 Å². The van der Waals surface area contributed by atoms with Crippen LogP contribution in [0.5, 0.6) is 0 Å². The average molecular weight is 583 g/mol. The van der Waals surface area contributed by atoms with Gasteiger partial charge in [0.2, 0.25) is 0 Å². The number of hydrogen-bond donors (Lipinski definition) is 2. The van der Waals surface area contributed by atoms with Crippen LogP contribution in [0.4, 0.5) is 0 Å². The Morgan fingerprint density at radius 3 is 1.60 bits per heavy atom. The second-order valence-corrected chi connectivity index (χ2v) is 11.9. The largest absolute Gasteiger partial charge is 0.425 e. The standard InChI is InChI=1S/C36H40NO6/c1-37(2,3)31-33(39)32(38)30(42-35(31)43-34(40)26-16-8-4-9-17-26)24-41-25-36(27-18-10-5-11-19-27,28-20-12-6-13-21-28)29-22-14-7-15-23-29/h4-23,30-33,35,38-39H,24-25H2,1-3H3/q+1. The zero-order valence-corrected chi connectivity index (χ0v) is 24.8. The number of rotatable bonds is 10. The molecule has 0 amide bonds. The monoisotopic (exact) mass is 582 g/mol. The molecular weight excluding hydrogens is 542 g/mol. The molecule has 1 aliphatic rings. The molecule has 0 radical (unpaired) electrons. The van der Waals surface area contributed by atoms with E-state index in [1.165, 1.54) is 0 Å². The summed E-state index contributed by atoms with van der Waals surface area (Å²) in [7, 11) is 5.58. The van der Waals surface area contributed by atoms with Crippen molar-refractivity contribution in [3.63, 3.8) is 0 Å². The lowest BCUT2D eigenvalue weighted by atomic mass is 9.70. The van der Waals surface area contributed by atoms with E-state index >= 15 is 0 Å². The summed E-state index contributed by atoms with van der Waals surface area (Å²) in [5.74, 6) is -0.566. The van der Waals surface area contributed by atoms with E-state index in [0.717, 1.165) is 16.7 Å². The SMILES string of the molecule is C[N+](C)(C)C1C(OC(=O)c2ccccc2)OC(COCC(c2ccccc2)(c2ccccc2)c2ccccc2)C(O)C1O. The number of ether oxygens (including phenoxy) is 3. The van der Waals surface area contributed by atoms with E-state index in [2.05, 4.69) is 36.4 Å². The van der Waals surface area contributed by atoms with Crippen LogP contribution >= 0.6 is 0 Å². The smallest absolute Gasteiger partial charge is 0.340 e. The Kier molecular flexibility index (Phi) is 9.40. The highest BCUT2D eigenvalue weighted by Crippen LogP contribution is 2.40. The molecule has 5 unspecified atom stereocenters. The van der Waals surface area contributed by atoms with Crippen molar-refractivity contribution in [1.82, 2.24) is 0 Å². The van der Waals surface area contributed by atoms with Gasteiger partial charge in [-0.25, -0.2) is 4.79 Å². The molecule has 7 nitrogen and oxygen atoms in total. The Labute approximate surface area is 253 Å². The van der Waals surface area contributed by atoms with Crippen molar-refractivity contribution in [1.29, 1.82) is 0 Å². The number of nitrogens with zero attached hydrogens (tertiary/aromatic N) is 1. The molecule has 1 heterocycles. The number of carbonyl (C=O) groups excluding carboxylic acids is 1. The predicted octanol–water partition coefficient (Wildman–Crippen LogP) is 4.42. The Balaban J connectivity index is 1.42. The summed E-state index contributed by atoms with van der Waals surface area (Å²) in [6.45, 7) is 0.205. The minimum atomic E-state index is -1.26. The summed E-state index contributed by atoms with van der Waals surface area (Å²) in [4.78, 5) is 13.0. The molecule has 0 aromatic heterocycles. The molecule has 1 saturated heterocycles. The van der Waals surface area contributed by atoms with Crippen molar-refractivity contribution in [2.75, 3.05) is 34.4 Å². The van der Waals surface area contributed by atoms with Crippen LogP contribution in [-0.4, -0.2) is 85.7 Å². The van der Waals surface area contributed by atoms with Crippen LogP contribution in [0, 0.1) is 0 Å². The first-order valence-electron chi connectivity index (χ1n) is 14.5. The number of esters is 1. The molecule has 7 heteroatoms. The molecule has 5 rings (SSSR count). The lowest BCUT2D eigenvalue weighted by Crippen LogP contribution is -2.68. The van der Waals surface area contributed by atoms with E-state index in [1.807, 2.05) is 81.8 Å². The number of quaternary nitrogens is 1. The molecule has 2 N–H and O–H groups in total. The fraction of sp³-hybridized carbons (Fsp3) is 0.306. The molecule has 4 aromatic carbocycles. The van der Waals surface area contributed by atoms with Gasteiger partial charge in [-0.05, 0) is 28.8 Å². The van der Waals surface area contributed by atoms with Gasteiger partial charge in [-0.1, -0.05) is 109 Å². The van der Waals surface area contributed by atoms with Crippen LogP contribution in [-0.2, 0) is 19.6 Å². The third kappa shape index (κ3) is 6.56. The number of aliphatic hydroxyl groups is 2. The van der Waals surface area contributed by atoms with Gasteiger partial charge in [0.1, 0.15) is 18.3 Å². The molecule has 1 aliphatic heterocycles. The quantitative estimate of drug-likeness (QED) is 0.164. The molecule has 1 fully saturated rings. The summed E-state index contributed by atoms with van der Waals surface area (Å²) >= 11 is 0.